The Balaban J connectivity index is 3.14. The van der Waals surface area contributed by atoms with Crippen molar-refractivity contribution < 1.29 is 13.7 Å². The number of pyridine rings is 1. The Morgan fingerprint density at radius 3 is 2.62 bits per heavy atom. The van der Waals surface area contributed by atoms with E-state index >= 15 is 0 Å². The number of rotatable bonds is 4. The highest BCUT2D eigenvalue weighted by molar-refractivity contribution is 5.39. The van der Waals surface area contributed by atoms with Gasteiger partial charge in [-0.2, -0.15) is 0 Å². The van der Waals surface area contributed by atoms with Crippen molar-refractivity contribution in [3.63, 3.8) is 0 Å². The third-order valence-corrected chi connectivity index (χ3v) is 1.94. The topological polar surface area (TPSA) is 56.0 Å². The summed E-state index contributed by atoms with van der Waals surface area (Å²) in [5.74, 6) is 0.931. The van der Waals surface area contributed by atoms with Crippen molar-refractivity contribution in [2.75, 3.05) is 0 Å². The average Bonchev–Trinajstić information content (AvgIpc) is 2.16. The van der Waals surface area contributed by atoms with Gasteiger partial charge in [0.2, 0.25) is 0 Å². The average molecular weight is 229 g/mol. The zero-order valence-electron chi connectivity index (χ0n) is 8.91. The van der Waals surface area contributed by atoms with Gasteiger partial charge in [-0.1, -0.05) is 13.8 Å². The van der Waals surface area contributed by atoms with Crippen molar-refractivity contribution in [3.8, 4) is 0 Å². The van der Waals surface area contributed by atoms with E-state index in [-0.39, 0.29) is 11.4 Å². The normalized spacial score (nSPS) is 11.1. The summed E-state index contributed by atoms with van der Waals surface area (Å²) in [5, 5.41) is 10.7. The van der Waals surface area contributed by atoms with Crippen LogP contribution < -0.4 is 0 Å². The molecule has 0 amide bonds. The fraction of sp³-hybridized carbons (Fsp3) is 0.400. The first-order valence-corrected chi connectivity index (χ1v) is 4.62. The van der Waals surface area contributed by atoms with Gasteiger partial charge in [-0.3, -0.25) is 15.1 Å². The number of hydrogen-bond donors (Lipinski definition) is 0. The smallest absolute Gasteiger partial charge is 0.258 e. The van der Waals surface area contributed by atoms with Crippen LogP contribution in [-0.2, 0) is 6.42 Å². The Hall–Kier alpha value is -1.59. The van der Waals surface area contributed by atoms with Crippen molar-refractivity contribution in [3.05, 3.63) is 39.6 Å². The molecule has 1 rings (SSSR count). The van der Waals surface area contributed by atoms with Gasteiger partial charge in [0, 0.05) is 24.2 Å². The van der Waals surface area contributed by atoms with Crippen molar-refractivity contribution in [2.24, 2.45) is 0 Å². The summed E-state index contributed by atoms with van der Waals surface area (Å²) in [6.45, 7) is 3.60. The van der Waals surface area contributed by atoms with Gasteiger partial charge in [0.05, 0.1) is 4.92 Å². The molecule has 1 heterocycles. The van der Waals surface area contributed by atoms with Gasteiger partial charge in [-0.25, -0.2) is 8.78 Å². The molecule has 0 saturated heterocycles. The molecule has 0 spiro atoms. The Kier molecular flexibility index (Phi) is 3.87. The fourth-order valence-corrected chi connectivity index (χ4v) is 1.25. The zero-order chi connectivity index (χ0) is 12.3. The van der Waals surface area contributed by atoms with Gasteiger partial charge in [-0.05, 0) is 5.92 Å². The van der Waals surface area contributed by atoms with E-state index in [9.17, 15) is 18.9 Å². The van der Waals surface area contributed by atoms with E-state index < -0.39 is 16.9 Å². The maximum atomic E-state index is 12.3. The largest absolute Gasteiger partial charge is 0.291 e. The van der Waals surface area contributed by atoms with Crippen LogP contribution in [0.3, 0.4) is 0 Å². The molecule has 1 radical (unpaired) electrons. The summed E-state index contributed by atoms with van der Waals surface area (Å²) in [6.07, 6.45) is -1.44. The molecule has 6 heteroatoms. The van der Waals surface area contributed by atoms with Crippen LogP contribution in [0.15, 0.2) is 12.3 Å². The van der Waals surface area contributed by atoms with E-state index in [0.717, 1.165) is 18.2 Å². The van der Waals surface area contributed by atoms with Crippen LogP contribution in [0.5, 0.6) is 0 Å². The third kappa shape index (κ3) is 2.95. The summed E-state index contributed by atoms with van der Waals surface area (Å²) in [5.41, 5.74) is -0.558. The molecular weight excluding hydrogens is 218 g/mol. The van der Waals surface area contributed by atoms with Gasteiger partial charge in [0.25, 0.3) is 12.1 Å². The van der Waals surface area contributed by atoms with Crippen LogP contribution in [0, 0.1) is 16.0 Å². The van der Waals surface area contributed by atoms with Crippen molar-refractivity contribution in [1.82, 2.24) is 4.98 Å². The second kappa shape index (κ2) is 4.96. The molecule has 0 aliphatic carbocycles. The monoisotopic (exact) mass is 229 g/mol. The first-order chi connectivity index (χ1) is 7.41. The molecular formula is C10H11F2N2O2. The van der Waals surface area contributed by atoms with Gasteiger partial charge >= 0.3 is 0 Å². The Bertz CT molecular complexity index is 394. The fourth-order valence-electron chi connectivity index (χ4n) is 1.25. The van der Waals surface area contributed by atoms with E-state index in [0.29, 0.717) is 6.42 Å². The maximum absolute atomic E-state index is 12.3. The van der Waals surface area contributed by atoms with E-state index in [1.165, 1.54) is 0 Å². The lowest BCUT2D eigenvalue weighted by molar-refractivity contribution is -0.386. The van der Waals surface area contributed by atoms with Crippen molar-refractivity contribution >= 4 is 5.69 Å². The zero-order valence-corrected chi connectivity index (χ0v) is 8.91. The molecule has 87 valence electrons. The summed E-state index contributed by atoms with van der Waals surface area (Å²) in [4.78, 5) is 13.7. The molecule has 0 aliphatic rings. The van der Waals surface area contributed by atoms with E-state index in [2.05, 4.69) is 4.98 Å². The molecule has 4 nitrogen and oxygen atoms in total. The predicted molar refractivity (Wildman–Crippen MR) is 54.1 cm³/mol. The second-order valence-electron chi connectivity index (χ2n) is 3.68. The lowest BCUT2D eigenvalue weighted by Gasteiger charge is -2.06. The molecule has 0 aliphatic heterocycles. The lowest BCUT2D eigenvalue weighted by Crippen LogP contribution is -2.03. The van der Waals surface area contributed by atoms with Crippen molar-refractivity contribution in [1.29, 1.82) is 0 Å². The molecule has 0 bridgehead atoms. The Labute approximate surface area is 91.5 Å². The van der Waals surface area contributed by atoms with Crippen LogP contribution in [-0.4, -0.2) is 9.91 Å². The summed E-state index contributed by atoms with van der Waals surface area (Å²) in [7, 11) is 0. The van der Waals surface area contributed by atoms with Crippen LogP contribution >= 0.6 is 0 Å². The predicted octanol–water partition coefficient (Wildman–Crippen LogP) is 3.08. The standard InChI is InChI=1S/C10H11F2N2O2/c1-6(2)3-8-9(14(15)16)4-7(5-13-8)10(11)12/h4-5,10H,3H2,1-2H3. The summed E-state index contributed by atoms with van der Waals surface area (Å²) >= 11 is 0. The van der Waals surface area contributed by atoms with Gasteiger partial charge in [0.15, 0.2) is 0 Å². The minimum absolute atomic E-state index is 0.217. The molecule has 0 unspecified atom stereocenters. The Morgan fingerprint density at radius 2 is 2.19 bits per heavy atom. The van der Waals surface area contributed by atoms with Crippen LogP contribution in [0.25, 0.3) is 0 Å². The minimum atomic E-state index is -2.74. The number of alkyl halides is 2. The molecule has 16 heavy (non-hydrogen) atoms. The molecule has 0 atom stereocenters. The molecule has 1 aromatic rings. The molecule has 0 aromatic carbocycles. The third-order valence-electron chi connectivity index (χ3n) is 1.94. The van der Waals surface area contributed by atoms with Crippen LogP contribution in [0.1, 0.15) is 31.5 Å². The molecule has 0 saturated carbocycles. The SMILES string of the molecule is C[C](C)Cc1ncc(C(F)F)cc1[N+](=O)[O-]. The first-order valence-electron chi connectivity index (χ1n) is 4.62. The highest BCUT2D eigenvalue weighted by Gasteiger charge is 2.20. The Morgan fingerprint density at radius 1 is 1.56 bits per heavy atom. The number of aromatic nitrogens is 1. The van der Waals surface area contributed by atoms with Crippen LogP contribution in [0.4, 0.5) is 14.5 Å². The molecule has 0 N–H and O–H groups in total. The molecule has 1 aromatic heterocycles. The highest BCUT2D eigenvalue weighted by Crippen LogP contribution is 2.26. The van der Waals surface area contributed by atoms with E-state index in [1.54, 1.807) is 13.8 Å². The first kappa shape index (κ1) is 12.5. The minimum Gasteiger partial charge on any atom is -0.258 e. The van der Waals surface area contributed by atoms with Gasteiger partial charge in [0.1, 0.15) is 5.69 Å². The number of hydrogen-bond acceptors (Lipinski definition) is 3. The second-order valence-corrected chi connectivity index (χ2v) is 3.68. The van der Waals surface area contributed by atoms with Gasteiger partial charge < -0.3 is 0 Å². The lowest BCUT2D eigenvalue weighted by atomic mass is 10.1. The van der Waals surface area contributed by atoms with Crippen LogP contribution in [0.2, 0.25) is 0 Å². The van der Waals surface area contributed by atoms with Gasteiger partial charge in [-0.15, -0.1) is 0 Å². The molecule has 0 fully saturated rings. The number of nitro groups is 1. The van der Waals surface area contributed by atoms with E-state index in [4.69, 9.17) is 0 Å². The quantitative estimate of drug-likeness (QED) is 0.588. The number of nitrogens with zero attached hydrogens (tertiary/aromatic N) is 2. The maximum Gasteiger partial charge on any atom is 0.291 e. The highest BCUT2D eigenvalue weighted by atomic mass is 19.3. The van der Waals surface area contributed by atoms with E-state index in [1.807, 2.05) is 0 Å². The number of halogens is 2. The summed E-state index contributed by atoms with van der Waals surface area (Å²) in [6, 6.07) is 0.885. The summed E-state index contributed by atoms with van der Waals surface area (Å²) < 4.78 is 24.7. The van der Waals surface area contributed by atoms with Crippen molar-refractivity contribution in [2.45, 2.75) is 26.7 Å².